The second kappa shape index (κ2) is 10.9. The quantitative estimate of drug-likeness (QED) is 0.198. The lowest BCUT2D eigenvalue weighted by Crippen LogP contribution is -2.14. The van der Waals surface area contributed by atoms with Crippen LogP contribution in [0.3, 0.4) is 0 Å². The molecule has 0 aliphatic rings. The molecule has 5 rings (SSSR count). The van der Waals surface area contributed by atoms with E-state index in [0.29, 0.717) is 21.0 Å². The summed E-state index contributed by atoms with van der Waals surface area (Å²) in [5.74, 6) is 0. The molecule has 212 valence electrons. The molecule has 3 aromatic carbocycles. The first-order valence-electron chi connectivity index (χ1n) is 13.4. The lowest BCUT2D eigenvalue weighted by molar-refractivity contribution is 0.0823. The van der Waals surface area contributed by atoms with Crippen molar-refractivity contribution in [1.29, 1.82) is 5.26 Å². The number of hydrogen-bond donors (Lipinski definition) is 1. The molecule has 0 atom stereocenters. The number of rotatable bonds is 7. The average Bonchev–Trinajstić information content (AvgIpc) is 3.46. The summed E-state index contributed by atoms with van der Waals surface area (Å²) in [7, 11) is -3.55. The second-order valence-corrected chi connectivity index (χ2v) is 14.4. The van der Waals surface area contributed by atoms with Crippen LogP contribution < -0.4 is 0 Å². The van der Waals surface area contributed by atoms with Crippen molar-refractivity contribution in [2.75, 3.05) is 6.26 Å². The van der Waals surface area contributed by atoms with Crippen LogP contribution in [0.2, 0.25) is 0 Å². The number of benzene rings is 3. The maximum Gasteiger partial charge on any atom is 0.176 e. The van der Waals surface area contributed by atoms with Crippen LogP contribution in [0.5, 0.6) is 0 Å². The molecule has 0 radical (unpaired) electrons. The van der Waals surface area contributed by atoms with Crippen molar-refractivity contribution >= 4 is 43.7 Å². The van der Waals surface area contributed by atoms with Crippen LogP contribution in [0.1, 0.15) is 54.3 Å². The zero-order chi connectivity index (χ0) is 30.3. The van der Waals surface area contributed by atoms with Gasteiger partial charge in [0.25, 0.3) is 0 Å². The van der Waals surface area contributed by atoms with Crippen LogP contribution in [0.15, 0.2) is 90.1 Å². The third-order valence-electron chi connectivity index (χ3n) is 7.13. The summed E-state index contributed by atoms with van der Waals surface area (Å²) in [6.07, 6.45) is 6.52. The molecule has 2 aromatic heterocycles. The van der Waals surface area contributed by atoms with E-state index in [-0.39, 0.29) is 4.90 Å². The molecule has 0 unspecified atom stereocenters. The number of thiazole rings is 1. The number of nitrogens with zero attached hydrogens (tertiary/aromatic N) is 3. The van der Waals surface area contributed by atoms with Crippen LogP contribution in [-0.2, 0) is 20.9 Å². The zero-order valence-corrected chi connectivity index (χ0v) is 25.7. The lowest BCUT2D eigenvalue weighted by Gasteiger charge is -2.19. The summed E-state index contributed by atoms with van der Waals surface area (Å²) in [6.45, 7) is 7.19. The van der Waals surface area contributed by atoms with E-state index < -0.39 is 20.9 Å². The van der Waals surface area contributed by atoms with E-state index in [1.165, 1.54) is 17.6 Å². The minimum atomic E-state index is -3.55. The van der Waals surface area contributed by atoms with Gasteiger partial charge in [-0.3, -0.25) is 4.98 Å². The van der Waals surface area contributed by atoms with Gasteiger partial charge in [-0.1, -0.05) is 42.5 Å². The lowest BCUT2D eigenvalue weighted by atomic mass is 9.83. The number of pyridine rings is 1. The minimum absolute atomic E-state index is 0.203. The monoisotopic (exact) mass is 593 g/mol. The smallest absolute Gasteiger partial charge is 0.176 e. The molecule has 1 N–H and O–H groups in total. The van der Waals surface area contributed by atoms with Crippen molar-refractivity contribution in [2.45, 2.75) is 43.6 Å². The molecule has 0 amide bonds. The van der Waals surface area contributed by atoms with Gasteiger partial charge in [-0.2, -0.15) is 5.26 Å². The molecule has 0 fully saturated rings. The van der Waals surface area contributed by atoms with E-state index in [1.807, 2.05) is 68.5 Å². The van der Waals surface area contributed by atoms with E-state index in [2.05, 4.69) is 16.0 Å². The highest BCUT2D eigenvalue weighted by Gasteiger charge is 2.24. The SMILES string of the molecule is CC(C)(O)c1cnc(C(=Cc2cccc(-c3cc(C(C)(C)C#N)cc4cccnc34)c2)c2ccccc2S(C)(=O)=O)s1. The molecule has 6 nitrogen and oxygen atoms in total. The number of aliphatic hydroxyl groups is 1. The summed E-state index contributed by atoms with van der Waals surface area (Å²) >= 11 is 1.33. The number of hydrogen-bond acceptors (Lipinski definition) is 7. The van der Waals surface area contributed by atoms with E-state index in [1.54, 1.807) is 50.5 Å². The van der Waals surface area contributed by atoms with Gasteiger partial charge in [-0.15, -0.1) is 11.3 Å². The number of fused-ring (bicyclic) bond motifs is 1. The van der Waals surface area contributed by atoms with Gasteiger partial charge in [0.2, 0.25) is 0 Å². The van der Waals surface area contributed by atoms with Gasteiger partial charge in [-0.25, -0.2) is 13.4 Å². The van der Waals surface area contributed by atoms with Crippen LogP contribution in [-0.4, -0.2) is 29.7 Å². The molecular formula is C34H31N3O3S2. The Morgan fingerprint density at radius 3 is 2.43 bits per heavy atom. The van der Waals surface area contributed by atoms with Gasteiger partial charge < -0.3 is 5.11 Å². The first-order chi connectivity index (χ1) is 19.8. The Morgan fingerprint density at radius 1 is 0.976 bits per heavy atom. The third-order valence-corrected chi connectivity index (χ3v) is 9.63. The predicted octanol–water partition coefficient (Wildman–Crippen LogP) is 7.38. The summed E-state index contributed by atoms with van der Waals surface area (Å²) in [5, 5.41) is 22.0. The van der Waals surface area contributed by atoms with Gasteiger partial charge in [0.05, 0.1) is 32.4 Å². The predicted molar refractivity (Wildman–Crippen MR) is 170 cm³/mol. The van der Waals surface area contributed by atoms with Gasteiger partial charge >= 0.3 is 0 Å². The standard InChI is InChI=1S/C34H31N3O3S2/c1-33(2,21-35)25-18-24-12-9-15-36-31(24)27(19-25)23-11-8-10-22(16-23)17-28(32-37-20-30(41-32)34(3,4)38)26-13-6-7-14-29(26)42(5,39)40/h6-20,38H,1-5H3. The molecule has 0 saturated carbocycles. The largest absolute Gasteiger partial charge is 0.385 e. The number of sulfone groups is 1. The highest BCUT2D eigenvalue weighted by Crippen LogP contribution is 2.38. The summed E-state index contributed by atoms with van der Waals surface area (Å²) in [6, 6.07) is 25.1. The number of nitriles is 1. The molecule has 2 heterocycles. The molecule has 0 aliphatic heterocycles. The molecular weight excluding hydrogens is 563 g/mol. The first kappa shape index (κ1) is 29.3. The number of aromatic nitrogens is 2. The van der Waals surface area contributed by atoms with Gasteiger partial charge in [-0.05, 0) is 80.8 Å². The average molecular weight is 594 g/mol. The van der Waals surface area contributed by atoms with E-state index >= 15 is 0 Å². The fraction of sp³-hybridized carbons (Fsp3) is 0.206. The summed E-state index contributed by atoms with van der Waals surface area (Å²) < 4.78 is 25.6. The van der Waals surface area contributed by atoms with Crippen molar-refractivity contribution in [3.63, 3.8) is 0 Å². The summed E-state index contributed by atoms with van der Waals surface area (Å²) in [5.41, 5.74) is 3.76. The molecule has 8 heteroatoms. The third kappa shape index (κ3) is 5.90. The Bertz CT molecular complexity index is 1990. The van der Waals surface area contributed by atoms with Crippen LogP contribution in [0.25, 0.3) is 33.7 Å². The van der Waals surface area contributed by atoms with Crippen molar-refractivity contribution < 1.29 is 13.5 Å². The minimum Gasteiger partial charge on any atom is -0.385 e. The van der Waals surface area contributed by atoms with Gasteiger partial charge in [0.15, 0.2) is 9.84 Å². The Labute approximate surface area is 250 Å². The topological polar surface area (TPSA) is 104 Å². The Hall–Kier alpha value is -4.16. The maximum atomic E-state index is 12.8. The van der Waals surface area contributed by atoms with Gasteiger partial charge in [0.1, 0.15) is 5.01 Å². The normalized spacial score (nSPS) is 12.8. The molecule has 5 aromatic rings. The maximum absolute atomic E-state index is 12.8. The van der Waals surface area contributed by atoms with Gasteiger partial charge in [0, 0.05) is 40.7 Å². The second-order valence-electron chi connectivity index (χ2n) is 11.4. The Morgan fingerprint density at radius 2 is 1.74 bits per heavy atom. The molecule has 0 bridgehead atoms. The van der Waals surface area contributed by atoms with E-state index in [9.17, 15) is 18.8 Å². The Kier molecular flexibility index (Phi) is 7.62. The molecule has 0 saturated heterocycles. The highest BCUT2D eigenvalue weighted by molar-refractivity contribution is 7.90. The van der Waals surface area contributed by atoms with Crippen molar-refractivity contribution in [1.82, 2.24) is 9.97 Å². The van der Waals surface area contributed by atoms with E-state index in [0.717, 1.165) is 33.2 Å². The van der Waals surface area contributed by atoms with Crippen molar-refractivity contribution in [3.8, 4) is 17.2 Å². The van der Waals surface area contributed by atoms with Crippen LogP contribution in [0, 0.1) is 11.3 Å². The first-order valence-corrected chi connectivity index (χ1v) is 16.1. The van der Waals surface area contributed by atoms with E-state index in [4.69, 9.17) is 0 Å². The van der Waals surface area contributed by atoms with Crippen molar-refractivity contribution in [2.24, 2.45) is 0 Å². The van der Waals surface area contributed by atoms with Crippen molar-refractivity contribution in [3.05, 3.63) is 112 Å². The Balaban J connectivity index is 1.74. The highest BCUT2D eigenvalue weighted by atomic mass is 32.2. The molecule has 0 spiro atoms. The molecule has 0 aliphatic carbocycles. The fourth-order valence-corrected chi connectivity index (χ4v) is 6.60. The fourth-order valence-electron chi connectivity index (χ4n) is 4.75. The zero-order valence-electron chi connectivity index (χ0n) is 24.1. The van der Waals surface area contributed by atoms with Crippen LogP contribution >= 0.6 is 11.3 Å². The summed E-state index contributed by atoms with van der Waals surface area (Å²) in [4.78, 5) is 10.1. The van der Waals surface area contributed by atoms with Crippen LogP contribution in [0.4, 0.5) is 0 Å². The molecule has 42 heavy (non-hydrogen) atoms.